The molecule has 1 aliphatic rings. The van der Waals surface area contributed by atoms with E-state index in [-0.39, 0.29) is 5.91 Å². The number of amides is 1. The summed E-state index contributed by atoms with van der Waals surface area (Å²) in [6.45, 7) is 5.32. The van der Waals surface area contributed by atoms with Gasteiger partial charge in [-0.1, -0.05) is 71.1 Å². The van der Waals surface area contributed by atoms with Crippen LogP contribution < -0.4 is 0 Å². The molecule has 0 atom stereocenters. The van der Waals surface area contributed by atoms with Crippen molar-refractivity contribution in [1.29, 1.82) is 0 Å². The summed E-state index contributed by atoms with van der Waals surface area (Å²) < 4.78 is 0. The summed E-state index contributed by atoms with van der Waals surface area (Å²) in [5.74, 6) is 0.289. The molecule has 0 bridgehead atoms. The van der Waals surface area contributed by atoms with Gasteiger partial charge < -0.3 is 14.5 Å². The third-order valence-electron chi connectivity index (χ3n) is 4.93. The summed E-state index contributed by atoms with van der Waals surface area (Å²) in [5.41, 5.74) is 0. The van der Waals surface area contributed by atoms with Gasteiger partial charge in [-0.05, 0) is 6.42 Å². The smallest absolute Gasteiger partial charge is 0.293 e. The van der Waals surface area contributed by atoms with Crippen LogP contribution in [0.3, 0.4) is 0 Å². The zero-order chi connectivity index (χ0) is 17.5. The number of carbonyl (C=O) groups excluding carboxylic acids is 2. The lowest BCUT2D eigenvalue weighted by Gasteiger charge is -2.33. The van der Waals surface area contributed by atoms with Gasteiger partial charge in [0.15, 0.2) is 0 Å². The third kappa shape index (κ3) is 10.1. The van der Waals surface area contributed by atoms with E-state index in [0.717, 1.165) is 38.8 Å². The highest BCUT2D eigenvalue weighted by atomic mass is 16.2. The molecule has 0 N–H and O–H groups in total. The number of piperazine rings is 1. The Morgan fingerprint density at radius 1 is 0.833 bits per heavy atom. The number of hydrogen-bond acceptors (Lipinski definition) is 3. The zero-order valence-electron chi connectivity index (χ0n) is 15.7. The standard InChI is InChI=1S/C19H36BN2O2/c1-2-3-4-5-6-7-8-9-10-11-12-13-19(24)21-14-16-22(17-15-21)20-18-23/h18H,2-17H2,1H3. The van der Waals surface area contributed by atoms with Gasteiger partial charge in [-0.3, -0.25) is 4.79 Å². The van der Waals surface area contributed by atoms with Crippen LogP contribution in [0.1, 0.15) is 84.0 Å². The lowest BCUT2D eigenvalue weighted by Crippen LogP contribution is -2.50. The van der Waals surface area contributed by atoms with E-state index in [4.69, 9.17) is 0 Å². The van der Waals surface area contributed by atoms with Crippen molar-refractivity contribution in [2.45, 2.75) is 84.0 Å². The van der Waals surface area contributed by atoms with Crippen molar-refractivity contribution in [3.63, 3.8) is 0 Å². The summed E-state index contributed by atoms with van der Waals surface area (Å²) in [7, 11) is 1.58. The first-order valence-corrected chi connectivity index (χ1v) is 10.1. The molecular formula is C19H36BN2O2. The van der Waals surface area contributed by atoms with E-state index in [1.807, 2.05) is 9.71 Å². The maximum atomic E-state index is 12.2. The molecule has 1 radical (unpaired) electrons. The molecule has 0 saturated carbocycles. The molecule has 5 heteroatoms. The van der Waals surface area contributed by atoms with Crippen LogP contribution in [0.2, 0.25) is 0 Å². The van der Waals surface area contributed by atoms with E-state index < -0.39 is 0 Å². The predicted octanol–water partition coefficient (Wildman–Crippen LogP) is 3.64. The van der Waals surface area contributed by atoms with Gasteiger partial charge in [0.2, 0.25) is 5.91 Å². The van der Waals surface area contributed by atoms with Crippen molar-refractivity contribution in [3.8, 4) is 0 Å². The fourth-order valence-electron chi connectivity index (χ4n) is 3.31. The molecule has 0 aromatic rings. The maximum Gasteiger partial charge on any atom is 0.293 e. The predicted molar refractivity (Wildman–Crippen MR) is 102 cm³/mol. The Balaban J connectivity index is 1.89. The number of carbonyl (C=O) groups is 2. The molecule has 24 heavy (non-hydrogen) atoms. The minimum atomic E-state index is 0.289. The van der Waals surface area contributed by atoms with Crippen LogP contribution in [-0.4, -0.2) is 55.4 Å². The van der Waals surface area contributed by atoms with E-state index in [1.165, 1.54) is 64.2 Å². The highest BCUT2D eigenvalue weighted by Crippen LogP contribution is 2.12. The van der Waals surface area contributed by atoms with E-state index in [2.05, 4.69) is 6.92 Å². The SMILES string of the molecule is CCCCCCCCCCCCCC(=O)N1CCN([B]C=O)CC1. The first kappa shape index (κ1) is 21.2. The van der Waals surface area contributed by atoms with E-state index in [9.17, 15) is 9.59 Å². The van der Waals surface area contributed by atoms with E-state index >= 15 is 0 Å². The third-order valence-corrected chi connectivity index (χ3v) is 4.93. The topological polar surface area (TPSA) is 40.6 Å². The Hall–Kier alpha value is -0.835. The van der Waals surface area contributed by atoms with Crippen LogP contribution in [0.25, 0.3) is 0 Å². The summed E-state index contributed by atoms with van der Waals surface area (Å²) >= 11 is 0. The number of unbranched alkanes of at least 4 members (excludes halogenated alkanes) is 10. The monoisotopic (exact) mass is 335 g/mol. The van der Waals surface area contributed by atoms with Crippen LogP contribution in [0.15, 0.2) is 0 Å². The Morgan fingerprint density at radius 3 is 1.83 bits per heavy atom. The molecule has 1 fully saturated rings. The van der Waals surface area contributed by atoms with Gasteiger partial charge in [0, 0.05) is 32.6 Å². The minimum Gasteiger partial charge on any atom is -0.340 e. The lowest BCUT2D eigenvalue weighted by atomic mass is 9.93. The normalized spacial score (nSPS) is 15.5. The van der Waals surface area contributed by atoms with Crippen molar-refractivity contribution in [1.82, 2.24) is 9.71 Å². The molecule has 1 amide bonds. The second-order valence-corrected chi connectivity index (χ2v) is 6.99. The average molecular weight is 335 g/mol. The number of hydrogen-bond donors (Lipinski definition) is 0. The minimum absolute atomic E-state index is 0.289. The summed E-state index contributed by atoms with van der Waals surface area (Å²) in [6.07, 6.45) is 16.0. The molecule has 1 saturated heterocycles. The fourth-order valence-corrected chi connectivity index (χ4v) is 3.31. The number of nitrogens with zero attached hydrogens (tertiary/aromatic N) is 2. The van der Waals surface area contributed by atoms with Crippen LogP contribution in [0, 0.1) is 0 Å². The largest absolute Gasteiger partial charge is 0.340 e. The highest BCUT2D eigenvalue weighted by Gasteiger charge is 2.20. The van der Waals surface area contributed by atoms with Crippen molar-refractivity contribution >= 4 is 19.5 Å². The van der Waals surface area contributed by atoms with Gasteiger partial charge in [-0.2, -0.15) is 0 Å². The van der Waals surface area contributed by atoms with Gasteiger partial charge in [0.1, 0.15) is 0 Å². The zero-order valence-corrected chi connectivity index (χ0v) is 15.7. The van der Waals surface area contributed by atoms with Gasteiger partial charge in [-0.15, -0.1) is 0 Å². The first-order chi connectivity index (χ1) is 11.8. The van der Waals surface area contributed by atoms with Crippen molar-refractivity contribution in [2.24, 2.45) is 0 Å². The quantitative estimate of drug-likeness (QED) is 0.276. The molecule has 0 aliphatic carbocycles. The van der Waals surface area contributed by atoms with Gasteiger partial charge in [0.25, 0.3) is 7.41 Å². The molecule has 4 nitrogen and oxygen atoms in total. The fraction of sp³-hybridized carbons (Fsp3) is 0.895. The molecular weight excluding hydrogens is 299 g/mol. The van der Waals surface area contributed by atoms with Crippen LogP contribution in [0.5, 0.6) is 0 Å². The van der Waals surface area contributed by atoms with Crippen LogP contribution in [-0.2, 0) is 9.59 Å². The number of rotatable bonds is 14. The molecule has 1 aliphatic heterocycles. The van der Waals surface area contributed by atoms with Gasteiger partial charge >= 0.3 is 0 Å². The molecule has 137 valence electrons. The van der Waals surface area contributed by atoms with Gasteiger partial charge in [-0.25, -0.2) is 0 Å². The van der Waals surface area contributed by atoms with Crippen LogP contribution >= 0.6 is 0 Å². The Kier molecular flexibility index (Phi) is 12.8. The Bertz CT molecular complexity index is 331. The second-order valence-electron chi connectivity index (χ2n) is 6.99. The average Bonchev–Trinajstić information content (AvgIpc) is 2.60. The summed E-state index contributed by atoms with van der Waals surface area (Å²) in [5, 5.41) is 0. The maximum absolute atomic E-state index is 12.2. The highest BCUT2D eigenvalue weighted by molar-refractivity contribution is 6.64. The van der Waals surface area contributed by atoms with E-state index in [1.54, 1.807) is 7.41 Å². The van der Waals surface area contributed by atoms with Crippen molar-refractivity contribution < 1.29 is 9.59 Å². The Morgan fingerprint density at radius 2 is 1.33 bits per heavy atom. The lowest BCUT2D eigenvalue weighted by molar-refractivity contribution is -0.132. The molecule has 0 aromatic carbocycles. The molecule has 0 spiro atoms. The van der Waals surface area contributed by atoms with Crippen molar-refractivity contribution in [3.05, 3.63) is 0 Å². The molecule has 1 heterocycles. The first-order valence-electron chi connectivity index (χ1n) is 10.1. The summed E-state index contributed by atoms with van der Waals surface area (Å²) in [4.78, 5) is 26.5. The molecule has 0 aromatic heterocycles. The molecule has 0 unspecified atom stereocenters. The Labute approximate surface area is 149 Å². The van der Waals surface area contributed by atoms with Crippen LogP contribution in [0.4, 0.5) is 0 Å². The van der Waals surface area contributed by atoms with Crippen molar-refractivity contribution in [2.75, 3.05) is 26.2 Å². The summed E-state index contributed by atoms with van der Waals surface area (Å²) in [6, 6.07) is 0. The molecule has 1 rings (SSSR count). The van der Waals surface area contributed by atoms with Gasteiger partial charge in [0.05, 0.1) is 6.19 Å². The second kappa shape index (κ2) is 14.5. The van der Waals surface area contributed by atoms with E-state index in [0.29, 0.717) is 6.42 Å².